The van der Waals surface area contributed by atoms with Crippen molar-refractivity contribution in [3.8, 4) is 5.75 Å². The van der Waals surface area contributed by atoms with E-state index in [2.05, 4.69) is 5.32 Å². The molecule has 6 heteroatoms. The molecule has 1 aromatic heterocycles. The Bertz CT molecular complexity index is 712. The molecule has 1 heterocycles. The van der Waals surface area contributed by atoms with Gasteiger partial charge in [-0.3, -0.25) is 14.4 Å². The second-order valence-electron chi connectivity index (χ2n) is 4.87. The number of carbonyl (C=O) groups excluding carboxylic acids is 2. The minimum absolute atomic E-state index is 0.0805. The van der Waals surface area contributed by atoms with E-state index in [1.807, 2.05) is 6.92 Å². The third-order valence-electron chi connectivity index (χ3n) is 3.21. The van der Waals surface area contributed by atoms with Crippen LogP contribution in [0.5, 0.6) is 5.75 Å². The third-order valence-corrected chi connectivity index (χ3v) is 3.21. The fourth-order valence-corrected chi connectivity index (χ4v) is 2.07. The summed E-state index contributed by atoms with van der Waals surface area (Å²) in [5.74, 6) is -1.57. The van der Waals surface area contributed by atoms with Crippen molar-refractivity contribution in [3.63, 3.8) is 0 Å². The van der Waals surface area contributed by atoms with Gasteiger partial charge in [-0.1, -0.05) is 6.92 Å². The Kier molecular flexibility index (Phi) is 5.06. The van der Waals surface area contributed by atoms with Crippen molar-refractivity contribution in [2.75, 3.05) is 13.1 Å². The largest absolute Gasteiger partial charge is 0.502 e. The van der Waals surface area contributed by atoms with E-state index in [-0.39, 0.29) is 11.3 Å². The maximum absolute atomic E-state index is 11.8. The smallest absolute Gasteiger partial charge is 0.227 e. The molecule has 0 bridgehead atoms. The highest BCUT2D eigenvalue weighted by atomic mass is 16.4. The lowest BCUT2D eigenvalue weighted by atomic mass is 10.0. The van der Waals surface area contributed by atoms with Gasteiger partial charge in [0.15, 0.2) is 5.76 Å². The van der Waals surface area contributed by atoms with Crippen molar-refractivity contribution in [2.45, 2.75) is 19.8 Å². The number of hydrogen-bond acceptors (Lipinski definition) is 6. The van der Waals surface area contributed by atoms with Gasteiger partial charge in [0.2, 0.25) is 22.7 Å². The average molecular weight is 303 g/mol. The summed E-state index contributed by atoms with van der Waals surface area (Å²) >= 11 is 0. The zero-order chi connectivity index (χ0) is 16.1. The monoisotopic (exact) mass is 303 g/mol. The highest BCUT2D eigenvalue weighted by Gasteiger charge is 2.20. The molecule has 1 aliphatic carbocycles. The zero-order valence-corrected chi connectivity index (χ0v) is 12.2. The lowest BCUT2D eigenvalue weighted by molar-refractivity contribution is -0.131. The second-order valence-corrected chi connectivity index (χ2v) is 4.87. The standard InChI is InChI=1S/C16H17NO5/c1-2-17-7-3-4-11-9-14(20)15(21)16(22-11)10-5-6-12(18)13(19)8-10/h5-6,8-9,17,21H,2-4,7H2,1H3. The van der Waals surface area contributed by atoms with Gasteiger partial charge >= 0.3 is 0 Å². The molecule has 1 aromatic rings. The predicted octanol–water partition coefficient (Wildman–Crippen LogP) is 0.979. The quantitative estimate of drug-likeness (QED) is 0.462. The van der Waals surface area contributed by atoms with Gasteiger partial charge in [0.05, 0.1) is 0 Å². The van der Waals surface area contributed by atoms with Crippen LogP contribution >= 0.6 is 0 Å². The molecule has 0 unspecified atom stereocenters. The first-order valence-electron chi connectivity index (χ1n) is 7.08. The van der Waals surface area contributed by atoms with Crippen LogP contribution in [0.15, 0.2) is 33.5 Å². The van der Waals surface area contributed by atoms with E-state index in [4.69, 9.17) is 4.42 Å². The number of rotatable bonds is 6. The average Bonchev–Trinajstić information content (AvgIpc) is 2.50. The Morgan fingerprint density at radius 1 is 1.18 bits per heavy atom. The van der Waals surface area contributed by atoms with Crippen LogP contribution < -0.4 is 10.7 Å². The van der Waals surface area contributed by atoms with E-state index in [1.54, 1.807) is 0 Å². The maximum Gasteiger partial charge on any atom is 0.227 e. The normalized spacial score (nSPS) is 14.3. The molecule has 0 aromatic carbocycles. The molecule has 0 saturated heterocycles. The van der Waals surface area contributed by atoms with Gasteiger partial charge in [-0.05, 0) is 31.7 Å². The fourth-order valence-electron chi connectivity index (χ4n) is 2.07. The Labute approximate surface area is 127 Å². The number of aromatic hydroxyl groups is 1. The molecule has 1 aliphatic rings. The molecule has 6 nitrogen and oxygen atoms in total. The molecular formula is C16H17NO5. The summed E-state index contributed by atoms with van der Waals surface area (Å²) in [5.41, 5.74) is -0.355. The molecule has 116 valence electrons. The number of ketones is 2. The summed E-state index contributed by atoms with van der Waals surface area (Å²) < 4.78 is 5.53. The van der Waals surface area contributed by atoms with Gasteiger partial charge < -0.3 is 14.8 Å². The van der Waals surface area contributed by atoms with Gasteiger partial charge in [-0.2, -0.15) is 0 Å². The molecule has 0 amide bonds. The van der Waals surface area contributed by atoms with E-state index < -0.39 is 22.7 Å². The molecule has 2 N–H and O–H groups in total. The third kappa shape index (κ3) is 3.59. The molecule has 0 saturated carbocycles. The summed E-state index contributed by atoms with van der Waals surface area (Å²) in [6.07, 6.45) is 4.80. The molecule has 0 atom stereocenters. The fraction of sp³-hybridized carbons (Fsp3) is 0.312. The molecule has 0 spiro atoms. The van der Waals surface area contributed by atoms with Crippen LogP contribution in [0, 0.1) is 0 Å². The lowest BCUT2D eigenvalue weighted by Gasteiger charge is -2.09. The van der Waals surface area contributed by atoms with Gasteiger partial charge in [0, 0.05) is 24.1 Å². The van der Waals surface area contributed by atoms with E-state index in [9.17, 15) is 19.5 Å². The van der Waals surface area contributed by atoms with E-state index in [1.165, 1.54) is 12.1 Å². The number of carbonyl (C=O) groups is 2. The van der Waals surface area contributed by atoms with Crippen LogP contribution in [0.4, 0.5) is 0 Å². The number of aryl methyl sites for hydroxylation is 1. The van der Waals surface area contributed by atoms with Gasteiger partial charge in [0.1, 0.15) is 5.76 Å². The maximum atomic E-state index is 11.8. The Morgan fingerprint density at radius 3 is 2.64 bits per heavy atom. The molecule has 0 radical (unpaired) electrons. The van der Waals surface area contributed by atoms with Crippen molar-refractivity contribution < 1.29 is 19.1 Å². The van der Waals surface area contributed by atoms with E-state index in [0.717, 1.165) is 31.7 Å². The summed E-state index contributed by atoms with van der Waals surface area (Å²) in [6.45, 7) is 3.64. The van der Waals surface area contributed by atoms with Crippen LogP contribution in [-0.2, 0) is 16.0 Å². The first-order chi connectivity index (χ1) is 10.5. The van der Waals surface area contributed by atoms with Gasteiger partial charge in [-0.25, -0.2) is 0 Å². The van der Waals surface area contributed by atoms with Crippen molar-refractivity contribution in [3.05, 3.63) is 46.0 Å². The minimum Gasteiger partial charge on any atom is -0.502 e. The van der Waals surface area contributed by atoms with Crippen LogP contribution in [0.3, 0.4) is 0 Å². The SMILES string of the molecule is CCNCCCc1cc(=O)c(O)c(C2=CC(=O)C(=O)C=C2)o1. The Morgan fingerprint density at radius 2 is 1.95 bits per heavy atom. The van der Waals surface area contributed by atoms with E-state index >= 15 is 0 Å². The summed E-state index contributed by atoms with van der Waals surface area (Å²) in [4.78, 5) is 34.4. The second kappa shape index (κ2) is 7.00. The van der Waals surface area contributed by atoms with Crippen LogP contribution in [0.2, 0.25) is 0 Å². The first kappa shape index (κ1) is 15.9. The van der Waals surface area contributed by atoms with Crippen molar-refractivity contribution >= 4 is 17.1 Å². The van der Waals surface area contributed by atoms with Crippen molar-refractivity contribution in [1.82, 2.24) is 5.32 Å². The molecule has 0 aliphatic heterocycles. The highest BCUT2D eigenvalue weighted by molar-refractivity contribution is 6.48. The number of nitrogens with one attached hydrogen (secondary N) is 1. The molecule has 22 heavy (non-hydrogen) atoms. The highest BCUT2D eigenvalue weighted by Crippen LogP contribution is 2.26. The topological polar surface area (TPSA) is 96.6 Å². The van der Waals surface area contributed by atoms with Crippen LogP contribution in [-0.4, -0.2) is 29.8 Å². The number of allylic oxidation sites excluding steroid dienone is 4. The Hall–Kier alpha value is -2.47. The van der Waals surface area contributed by atoms with Crippen LogP contribution in [0.25, 0.3) is 5.57 Å². The minimum atomic E-state index is -0.711. The predicted molar refractivity (Wildman–Crippen MR) is 80.6 cm³/mol. The Balaban J connectivity index is 2.28. The van der Waals surface area contributed by atoms with Crippen molar-refractivity contribution in [1.29, 1.82) is 0 Å². The van der Waals surface area contributed by atoms with E-state index in [0.29, 0.717) is 12.2 Å². The summed E-state index contributed by atoms with van der Waals surface area (Å²) in [7, 11) is 0. The molecule has 2 rings (SSSR count). The molecular weight excluding hydrogens is 286 g/mol. The number of hydrogen-bond donors (Lipinski definition) is 2. The first-order valence-corrected chi connectivity index (χ1v) is 7.08. The van der Waals surface area contributed by atoms with Gasteiger partial charge in [0.25, 0.3) is 0 Å². The van der Waals surface area contributed by atoms with Crippen molar-refractivity contribution in [2.24, 2.45) is 0 Å². The zero-order valence-electron chi connectivity index (χ0n) is 12.2. The van der Waals surface area contributed by atoms with Crippen LogP contribution in [0.1, 0.15) is 24.9 Å². The summed E-state index contributed by atoms with van der Waals surface area (Å²) in [5, 5.41) is 13.0. The lowest BCUT2D eigenvalue weighted by Crippen LogP contribution is -2.15. The molecule has 0 fully saturated rings. The van der Waals surface area contributed by atoms with Gasteiger partial charge in [-0.15, -0.1) is 0 Å². The summed E-state index contributed by atoms with van der Waals surface area (Å²) in [6, 6.07) is 1.24.